The number of rotatable bonds is 12. The third-order valence-corrected chi connectivity index (χ3v) is 5.05. The van der Waals surface area contributed by atoms with Gasteiger partial charge < -0.3 is 14.7 Å². The van der Waals surface area contributed by atoms with Crippen LogP contribution < -0.4 is 4.74 Å². The Morgan fingerprint density at radius 2 is 1.87 bits per heavy atom. The SMILES string of the molecule is C#CC(C)N(Cc1ccccc1OCCCCCC(=O)O)C(=C)c1ccc(C)cc1. The van der Waals surface area contributed by atoms with Crippen LogP contribution >= 0.6 is 0 Å². The molecule has 0 radical (unpaired) electrons. The first-order valence-corrected chi connectivity index (χ1v) is 10.3. The average Bonchev–Trinajstić information content (AvgIpc) is 2.74. The Morgan fingerprint density at radius 3 is 2.53 bits per heavy atom. The molecule has 0 aliphatic heterocycles. The number of unbranched alkanes of at least 4 members (excludes halogenated alkanes) is 2. The van der Waals surface area contributed by atoms with Crippen LogP contribution in [0.15, 0.2) is 55.1 Å². The Morgan fingerprint density at radius 1 is 1.17 bits per heavy atom. The summed E-state index contributed by atoms with van der Waals surface area (Å²) in [5.74, 6) is 2.89. The molecule has 158 valence electrons. The summed E-state index contributed by atoms with van der Waals surface area (Å²) in [5.41, 5.74) is 4.16. The summed E-state index contributed by atoms with van der Waals surface area (Å²) in [7, 11) is 0. The van der Waals surface area contributed by atoms with Crippen LogP contribution in [0.1, 0.15) is 49.3 Å². The van der Waals surface area contributed by atoms with E-state index in [1.165, 1.54) is 5.56 Å². The second-order valence-corrected chi connectivity index (χ2v) is 7.44. The number of hydrogen-bond donors (Lipinski definition) is 1. The first-order chi connectivity index (χ1) is 14.4. The minimum atomic E-state index is -0.752. The van der Waals surface area contributed by atoms with Crippen LogP contribution in [0.4, 0.5) is 0 Å². The number of aryl methyl sites for hydroxylation is 1. The van der Waals surface area contributed by atoms with Gasteiger partial charge in [-0.15, -0.1) is 6.42 Å². The Labute approximate surface area is 180 Å². The zero-order valence-electron chi connectivity index (χ0n) is 17.9. The number of nitrogens with zero attached hydrogens (tertiary/aromatic N) is 1. The smallest absolute Gasteiger partial charge is 0.303 e. The van der Waals surface area contributed by atoms with Crippen molar-refractivity contribution in [3.63, 3.8) is 0 Å². The second kappa shape index (κ2) is 11.7. The van der Waals surface area contributed by atoms with E-state index in [-0.39, 0.29) is 12.5 Å². The highest BCUT2D eigenvalue weighted by Gasteiger charge is 2.17. The van der Waals surface area contributed by atoms with Crippen molar-refractivity contribution in [3.05, 3.63) is 71.8 Å². The number of hydrogen-bond acceptors (Lipinski definition) is 3. The molecule has 0 spiro atoms. The lowest BCUT2D eigenvalue weighted by Gasteiger charge is -2.31. The standard InChI is InChI=1S/C26H31NO3/c1-5-21(3)27(22(4)23-16-14-20(2)15-17-23)19-24-11-8-9-12-25(24)30-18-10-6-7-13-26(28)29/h1,8-9,11-12,14-17,21H,4,6-7,10,13,18-19H2,2-3H3,(H,28,29). The van der Waals surface area contributed by atoms with Crippen LogP contribution in [0.2, 0.25) is 0 Å². The van der Waals surface area contributed by atoms with Gasteiger partial charge in [-0.3, -0.25) is 4.79 Å². The van der Waals surface area contributed by atoms with E-state index in [9.17, 15) is 4.79 Å². The molecule has 0 amide bonds. The van der Waals surface area contributed by atoms with Gasteiger partial charge in [0.05, 0.1) is 12.6 Å². The lowest BCUT2D eigenvalue weighted by atomic mass is 10.1. The van der Waals surface area contributed by atoms with Crippen LogP contribution in [0.5, 0.6) is 5.75 Å². The van der Waals surface area contributed by atoms with Gasteiger partial charge in [0.15, 0.2) is 0 Å². The zero-order chi connectivity index (χ0) is 21.9. The highest BCUT2D eigenvalue weighted by molar-refractivity contribution is 5.66. The van der Waals surface area contributed by atoms with Crippen molar-refractivity contribution in [2.45, 2.75) is 52.1 Å². The molecule has 0 aromatic heterocycles. The van der Waals surface area contributed by atoms with E-state index in [1.807, 2.05) is 31.2 Å². The summed E-state index contributed by atoms with van der Waals surface area (Å²) < 4.78 is 6.00. The average molecular weight is 406 g/mol. The van der Waals surface area contributed by atoms with E-state index >= 15 is 0 Å². The second-order valence-electron chi connectivity index (χ2n) is 7.44. The van der Waals surface area contributed by atoms with E-state index in [4.69, 9.17) is 16.3 Å². The number of aliphatic carboxylic acids is 1. The minimum Gasteiger partial charge on any atom is -0.493 e. The number of terminal acetylenes is 1. The van der Waals surface area contributed by atoms with Crippen molar-refractivity contribution in [3.8, 4) is 18.1 Å². The van der Waals surface area contributed by atoms with Gasteiger partial charge in [0, 0.05) is 24.2 Å². The van der Waals surface area contributed by atoms with Gasteiger partial charge in [0.1, 0.15) is 5.75 Å². The van der Waals surface area contributed by atoms with E-state index in [0.29, 0.717) is 19.6 Å². The molecule has 4 heteroatoms. The summed E-state index contributed by atoms with van der Waals surface area (Å²) >= 11 is 0. The Hall–Kier alpha value is -3.19. The molecule has 1 atom stereocenters. The van der Waals surface area contributed by atoms with Crippen LogP contribution in [-0.4, -0.2) is 28.6 Å². The number of para-hydroxylation sites is 1. The molecule has 0 heterocycles. The summed E-state index contributed by atoms with van der Waals surface area (Å²) in [4.78, 5) is 12.7. The zero-order valence-corrected chi connectivity index (χ0v) is 17.9. The van der Waals surface area contributed by atoms with Gasteiger partial charge >= 0.3 is 5.97 Å². The number of ether oxygens (including phenoxy) is 1. The van der Waals surface area contributed by atoms with Crippen molar-refractivity contribution in [2.75, 3.05) is 6.61 Å². The quantitative estimate of drug-likeness (QED) is 0.373. The molecule has 0 bridgehead atoms. The summed E-state index contributed by atoms with van der Waals surface area (Å²) in [6, 6.07) is 16.1. The third kappa shape index (κ3) is 7.00. The summed E-state index contributed by atoms with van der Waals surface area (Å²) in [5, 5.41) is 8.72. The Bertz CT molecular complexity index is 880. The maximum Gasteiger partial charge on any atom is 0.303 e. The number of carbonyl (C=O) groups is 1. The molecule has 4 nitrogen and oxygen atoms in total. The fourth-order valence-electron chi connectivity index (χ4n) is 3.16. The lowest BCUT2D eigenvalue weighted by Crippen LogP contribution is -2.30. The first kappa shape index (κ1) is 23.1. The van der Waals surface area contributed by atoms with Crippen molar-refractivity contribution in [2.24, 2.45) is 0 Å². The van der Waals surface area contributed by atoms with E-state index in [0.717, 1.165) is 35.4 Å². The van der Waals surface area contributed by atoms with Gasteiger partial charge in [-0.1, -0.05) is 60.5 Å². The fourth-order valence-corrected chi connectivity index (χ4v) is 3.16. The molecule has 1 unspecified atom stereocenters. The van der Waals surface area contributed by atoms with Crippen molar-refractivity contribution in [1.29, 1.82) is 0 Å². The molecule has 0 fully saturated rings. The van der Waals surface area contributed by atoms with Crippen LogP contribution in [-0.2, 0) is 11.3 Å². The molecule has 2 rings (SSSR count). The molecule has 0 saturated carbocycles. The van der Waals surface area contributed by atoms with E-state index < -0.39 is 5.97 Å². The predicted octanol–water partition coefficient (Wildman–Crippen LogP) is 5.51. The summed E-state index contributed by atoms with van der Waals surface area (Å²) in [6.07, 6.45) is 8.28. The van der Waals surface area contributed by atoms with E-state index in [2.05, 4.69) is 48.6 Å². The van der Waals surface area contributed by atoms with Crippen LogP contribution in [0.25, 0.3) is 5.70 Å². The topological polar surface area (TPSA) is 49.8 Å². The first-order valence-electron chi connectivity index (χ1n) is 10.3. The van der Waals surface area contributed by atoms with Crippen molar-refractivity contribution >= 4 is 11.7 Å². The van der Waals surface area contributed by atoms with Gasteiger partial charge in [-0.25, -0.2) is 0 Å². The predicted molar refractivity (Wildman–Crippen MR) is 122 cm³/mol. The van der Waals surface area contributed by atoms with Gasteiger partial charge in [0.2, 0.25) is 0 Å². The van der Waals surface area contributed by atoms with Crippen LogP contribution in [0.3, 0.4) is 0 Å². The Balaban J connectivity index is 2.07. The molecular formula is C26H31NO3. The number of carboxylic acids is 1. The van der Waals surface area contributed by atoms with E-state index in [1.54, 1.807) is 0 Å². The highest BCUT2D eigenvalue weighted by atomic mass is 16.5. The lowest BCUT2D eigenvalue weighted by molar-refractivity contribution is -0.137. The van der Waals surface area contributed by atoms with Gasteiger partial charge in [-0.2, -0.15) is 0 Å². The van der Waals surface area contributed by atoms with Crippen molar-refractivity contribution < 1.29 is 14.6 Å². The van der Waals surface area contributed by atoms with Crippen molar-refractivity contribution in [1.82, 2.24) is 4.90 Å². The molecule has 2 aromatic rings. The molecule has 30 heavy (non-hydrogen) atoms. The maximum atomic E-state index is 10.6. The largest absolute Gasteiger partial charge is 0.493 e. The highest BCUT2D eigenvalue weighted by Crippen LogP contribution is 2.27. The van der Waals surface area contributed by atoms with Gasteiger partial charge in [0.25, 0.3) is 0 Å². The minimum absolute atomic E-state index is 0.122. The number of carboxylic acid groups (broad SMARTS) is 1. The number of benzene rings is 2. The molecule has 0 saturated heterocycles. The molecule has 0 aliphatic rings. The Kier molecular flexibility index (Phi) is 9.03. The summed E-state index contributed by atoms with van der Waals surface area (Å²) in [6.45, 7) is 9.50. The molecule has 2 aromatic carbocycles. The molecular weight excluding hydrogens is 374 g/mol. The van der Waals surface area contributed by atoms with Gasteiger partial charge in [-0.05, 0) is 44.7 Å². The monoisotopic (exact) mass is 405 g/mol. The molecule has 0 aliphatic carbocycles. The maximum absolute atomic E-state index is 10.6. The normalized spacial score (nSPS) is 11.4. The van der Waals surface area contributed by atoms with Crippen LogP contribution in [0, 0.1) is 19.3 Å². The third-order valence-electron chi connectivity index (χ3n) is 5.05. The fraction of sp³-hybridized carbons (Fsp3) is 0.346. The molecule has 1 N–H and O–H groups in total.